The van der Waals surface area contributed by atoms with Crippen LogP contribution >= 0.6 is 11.6 Å². The number of hydrogen-bond acceptors (Lipinski definition) is 4. The van der Waals surface area contributed by atoms with E-state index in [0.29, 0.717) is 58.4 Å². The number of piperidine rings is 1. The number of benzene rings is 4. The maximum atomic E-state index is 13.9. The molecule has 2 unspecified atom stereocenters. The third-order valence-electron chi connectivity index (χ3n) is 7.78. The quantitative estimate of drug-likeness (QED) is 0.226. The number of rotatable bonds is 6. The van der Waals surface area contributed by atoms with E-state index in [-0.39, 0.29) is 24.2 Å². The highest BCUT2D eigenvalue weighted by Gasteiger charge is 2.35. The summed E-state index contributed by atoms with van der Waals surface area (Å²) < 4.78 is 35.4. The molecule has 2 aliphatic heterocycles. The number of fused-ring (bicyclic) bond motifs is 1. The van der Waals surface area contributed by atoms with Crippen molar-refractivity contribution in [3.8, 4) is 5.75 Å². The molecule has 2 aliphatic rings. The zero-order valence-electron chi connectivity index (χ0n) is 22.6. The van der Waals surface area contributed by atoms with Crippen LogP contribution in [0, 0.1) is 11.7 Å². The van der Waals surface area contributed by atoms with Gasteiger partial charge in [0.05, 0.1) is 10.6 Å². The summed E-state index contributed by atoms with van der Waals surface area (Å²) >= 11 is 6.11. The Morgan fingerprint density at radius 1 is 0.857 bits per heavy atom. The van der Waals surface area contributed by atoms with Gasteiger partial charge in [-0.05, 0) is 73.0 Å². The third-order valence-corrected chi connectivity index (χ3v) is 9.52. The first kappa shape index (κ1) is 28.1. The number of ketones is 1. The number of anilines is 1. The van der Waals surface area contributed by atoms with Gasteiger partial charge >= 0.3 is 0 Å². The summed E-state index contributed by atoms with van der Waals surface area (Å²) in [6, 6.07) is 26.8. The van der Waals surface area contributed by atoms with E-state index >= 15 is 0 Å². The topological polar surface area (TPSA) is 66.9 Å². The normalized spacial score (nSPS) is 17.7. The van der Waals surface area contributed by atoms with E-state index in [1.54, 1.807) is 39.5 Å². The maximum absolute atomic E-state index is 13.9. The molecule has 6 nitrogen and oxygen atoms in total. The van der Waals surface area contributed by atoms with Crippen LogP contribution in [0.1, 0.15) is 45.2 Å². The van der Waals surface area contributed by atoms with E-state index in [2.05, 4.69) is 0 Å². The molecule has 0 saturated carbocycles. The minimum atomic E-state index is -1.70. The molecule has 0 aliphatic carbocycles. The summed E-state index contributed by atoms with van der Waals surface area (Å²) in [5.41, 5.74) is 2.58. The van der Waals surface area contributed by atoms with Crippen molar-refractivity contribution in [2.24, 2.45) is 5.92 Å². The summed E-state index contributed by atoms with van der Waals surface area (Å²) in [4.78, 5) is 28.6. The van der Waals surface area contributed by atoms with Crippen LogP contribution in [0.2, 0.25) is 5.02 Å². The number of ether oxygens (including phenoxy) is 1. The molecule has 9 heteroatoms. The number of carbonyl (C=O) groups excluding carboxylic acids is 2. The van der Waals surface area contributed by atoms with Crippen LogP contribution in [-0.4, -0.2) is 40.5 Å². The fourth-order valence-corrected chi connectivity index (χ4v) is 6.97. The number of amides is 1. The molecule has 214 valence electrons. The molecule has 0 bridgehead atoms. The standard InChI is InChI=1S/C33H28ClFN2O4S/c34-26-9-6-22(7-10-26)30-21-41-31-20-25(8-15-29(31)37(30)42(40)28-13-11-27(35)12-14-28)33(39)36-18-16-24(17-19-36)32(38)23-4-2-1-3-5-23/h1-15,20,24,30H,16-19,21H2. The van der Waals surface area contributed by atoms with Crippen molar-refractivity contribution in [2.75, 3.05) is 24.0 Å². The number of nitrogens with zero attached hydrogens (tertiary/aromatic N) is 2. The van der Waals surface area contributed by atoms with E-state index in [4.69, 9.17) is 16.3 Å². The first-order valence-corrected chi connectivity index (χ1v) is 15.2. The second-order valence-corrected chi connectivity index (χ2v) is 12.2. The SMILES string of the molecule is O=C(c1ccccc1)C1CCN(C(=O)c2ccc3c(c2)OCC(c2ccc(Cl)cc2)N3S(=O)c2ccc(F)cc2)CC1. The lowest BCUT2D eigenvalue weighted by Gasteiger charge is -2.38. The van der Waals surface area contributed by atoms with Crippen LogP contribution in [-0.2, 0) is 11.0 Å². The second-order valence-electron chi connectivity index (χ2n) is 10.4. The monoisotopic (exact) mass is 602 g/mol. The molecule has 2 atom stereocenters. The van der Waals surface area contributed by atoms with E-state index in [1.807, 2.05) is 42.5 Å². The number of Topliss-reactive ketones (excluding diaryl/α,β-unsaturated/α-hetero) is 1. The van der Waals surface area contributed by atoms with Crippen LogP contribution in [0.25, 0.3) is 0 Å². The summed E-state index contributed by atoms with van der Waals surface area (Å²) in [6.07, 6.45) is 1.21. The average molecular weight is 603 g/mol. The Labute approximate surface area is 251 Å². The number of likely N-dealkylation sites (tertiary alicyclic amines) is 1. The Morgan fingerprint density at radius 3 is 2.24 bits per heavy atom. The predicted octanol–water partition coefficient (Wildman–Crippen LogP) is 6.88. The first-order valence-electron chi connectivity index (χ1n) is 13.8. The summed E-state index contributed by atoms with van der Waals surface area (Å²) in [5, 5.41) is 0.582. The highest BCUT2D eigenvalue weighted by molar-refractivity contribution is 7.86. The summed E-state index contributed by atoms with van der Waals surface area (Å²) in [5.74, 6) is -0.102. The van der Waals surface area contributed by atoms with Gasteiger partial charge < -0.3 is 9.64 Å². The van der Waals surface area contributed by atoms with Crippen molar-refractivity contribution in [2.45, 2.75) is 23.8 Å². The Balaban J connectivity index is 1.23. The van der Waals surface area contributed by atoms with Gasteiger partial charge in [-0.25, -0.2) is 8.60 Å². The van der Waals surface area contributed by atoms with E-state index < -0.39 is 22.8 Å². The van der Waals surface area contributed by atoms with E-state index in [1.165, 1.54) is 24.3 Å². The molecule has 1 amide bonds. The maximum Gasteiger partial charge on any atom is 0.253 e. The van der Waals surface area contributed by atoms with Crippen LogP contribution in [0.15, 0.2) is 102 Å². The Hall–Kier alpha value is -4.01. The minimum Gasteiger partial charge on any atom is -0.489 e. The molecule has 1 saturated heterocycles. The largest absolute Gasteiger partial charge is 0.489 e. The van der Waals surface area contributed by atoms with Gasteiger partial charge in [-0.15, -0.1) is 0 Å². The molecule has 4 aromatic rings. The van der Waals surface area contributed by atoms with Gasteiger partial charge in [-0.2, -0.15) is 0 Å². The van der Waals surface area contributed by atoms with Gasteiger partial charge in [-0.3, -0.25) is 13.9 Å². The van der Waals surface area contributed by atoms with Gasteiger partial charge in [0, 0.05) is 35.2 Å². The summed E-state index contributed by atoms with van der Waals surface area (Å²) in [6.45, 7) is 1.16. The van der Waals surface area contributed by atoms with Crippen LogP contribution in [0.5, 0.6) is 5.75 Å². The molecule has 0 aromatic heterocycles. The van der Waals surface area contributed by atoms with E-state index in [9.17, 15) is 18.2 Å². The van der Waals surface area contributed by atoms with Crippen LogP contribution in [0.4, 0.5) is 10.1 Å². The van der Waals surface area contributed by atoms with Gasteiger partial charge in [0.25, 0.3) is 5.91 Å². The lowest BCUT2D eigenvalue weighted by atomic mass is 9.88. The van der Waals surface area contributed by atoms with Crippen molar-refractivity contribution in [1.82, 2.24) is 4.90 Å². The third kappa shape index (κ3) is 5.69. The highest BCUT2D eigenvalue weighted by atomic mass is 35.5. The molecule has 0 radical (unpaired) electrons. The lowest BCUT2D eigenvalue weighted by Crippen LogP contribution is -2.40. The molecule has 6 rings (SSSR count). The van der Waals surface area contributed by atoms with Gasteiger partial charge in [0.1, 0.15) is 24.2 Å². The van der Waals surface area contributed by atoms with Gasteiger partial charge in [0.2, 0.25) is 0 Å². The molecule has 1 fully saturated rings. The smallest absolute Gasteiger partial charge is 0.253 e. The van der Waals surface area contributed by atoms with Crippen molar-refractivity contribution < 1.29 is 22.9 Å². The molecule has 4 aromatic carbocycles. The molecule has 0 N–H and O–H groups in total. The Bertz CT molecular complexity index is 1620. The van der Waals surface area contributed by atoms with Crippen molar-refractivity contribution in [3.05, 3.63) is 125 Å². The predicted molar refractivity (Wildman–Crippen MR) is 161 cm³/mol. The fourth-order valence-electron chi connectivity index (χ4n) is 5.50. The average Bonchev–Trinajstić information content (AvgIpc) is 3.04. The molecular weight excluding hydrogens is 575 g/mol. The first-order chi connectivity index (χ1) is 20.4. The minimum absolute atomic E-state index is 0.108. The van der Waals surface area contributed by atoms with Crippen molar-refractivity contribution in [1.29, 1.82) is 0 Å². The van der Waals surface area contributed by atoms with Crippen LogP contribution in [0.3, 0.4) is 0 Å². The molecule has 0 spiro atoms. The molecular formula is C33H28ClFN2O4S. The highest BCUT2D eigenvalue weighted by Crippen LogP contribution is 2.42. The fraction of sp³-hybridized carbons (Fsp3) is 0.212. The van der Waals surface area contributed by atoms with Crippen molar-refractivity contribution >= 4 is 40.0 Å². The second kappa shape index (κ2) is 12.1. The van der Waals surface area contributed by atoms with Crippen molar-refractivity contribution in [3.63, 3.8) is 0 Å². The number of hydrogen-bond donors (Lipinski definition) is 0. The van der Waals surface area contributed by atoms with Crippen LogP contribution < -0.4 is 9.04 Å². The molecule has 42 heavy (non-hydrogen) atoms. The Kier molecular flexibility index (Phi) is 8.09. The zero-order valence-corrected chi connectivity index (χ0v) is 24.2. The zero-order chi connectivity index (χ0) is 29.2. The van der Waals surface area contributed by atoms with E-state index in [0.717, 1.165) is 5.56 Å². The lowest BCUT2D eigenvalue weighted by molar-refractivity contribution is 0.0650. The summed E-state index contributed by atoms with van der Waals surface area (Å²) in [7, 11) is -1.70. The number of halogens is 2. The molecule has 2 heterocycles. The Morgan fingerprint density at radius 2 is 1.55 bits per heavy atom. The van der Waals surface area contributed by atoms with Gasteiger partial charge in [-0.1, -0.05) is 54.1 Å². The van der Waals surface area contributed by atoms with Gasteiger partial charge in [0.15, 0.2) is 16.8 Å². The number of carbonyl (C=O) groups is 2.